The van der Waals surface area contributed by atoms with Crippen LogP contribution in [0.3, 0.4) is 0 Å². The van der Waals surface area contributed by atoms with E-state index >= 15 is 0 Å². The Morgan fingerprint density at radius 2 is 1.65 bits per heavy atom. The van der Waals surface area contributed by atoms with Crippen molar-refractivity contribution >= 4 is 18.0 Å². The van der Waals surface area contributed by atoms with E-state index in [1.807, 2.05) is 24.3 Å². The normalized spacial score (nSPS) is 16.2. The van der Waals surface area contributed by atoms with Crippen molar-refractivity contribution in [3.05, 3.63) is 59.7 Å². The lowest BCUT2D eigenvalue weighted by Gasteiger charge is -2.25. The number of nitrogens with one attached hydrogen (secondary N) is 1. The van der Waals surface area contributed by atoms with E-state index in [-0.39, 0.29) is 37.4 Å². The van der Waals surface area contributed by atoms with Crippen molar-refractivity contribution < 1.29 is 24.2 Å². The Morgan fingerprint density at radius 1 is 1.06 bits per heavy atom. The van der Waals surface area contributed by atoms with Crippen LogP contribution in [0.25, 0.3) is 11.1 Å². The number of hydrogen-bond donors (Lipinski definition) is 2. The first-order valence-electron chi connectivity index (χ1n) is 11.9. The second-order valence-corrected chi connectivity index (χ2v) is 9.54. The molecule has 2 aromatic carbocycles. The molecule has 180 valence electrons. The summed E-state index contributed by atoms with van der Waals surface area (Å²) in [6.07, 6.45) is 2.32. The maximum absolute atomic E-state index is 13.0. The molecule has 2 N–H and O–H groups in total. The van der Waals surface area contributed by atoms with Crippen LogP contribution in [-0.2, 0) is 14.3 Å². The van der Waals surface area contributed by atoms with E-state index in [1.54, 1.807) is 14.0 Å². The van der Waals surface area contributed by atoms with Crippen molar-refractivity contribution in [2.45, 2.75) is 32.1 Å². The van der Waals surface area contributed by atoms with Gasteiger partial charge in [0.05, 0.1) is 11.8 Å². The third-order valence-electron chi connectivity index (χ3n) is 6.85. The fourth-order valence-electron chi connectivity index (χ4n) is 4.77. The minimum Gasteiger partial charge on any atom is -0.481 e. The predicted molar refractivity (Wildman–Crippen MR) is 128 cm³/mol. The van der Waals surface area contributed by atoms with Gasteiger partial charge in [-0.25, -0.2) is 4.79 Å². The number of carboxylic acids is 1. The molecule has 0 radical (unpaired) electrons. The molecule has 0 aromatic heterocycles. The van der Waals surface area contributed by atoms with Gasteiger partial charge in [0.15, 0.2) is 0 Å². The maximum atomic E-state index is 13.0. The highest BCUT2D eigenvalue weighted by Crippen LogP contribution is 2.44. The van der Waals surface area contributed by atoms with Gasteiger partial charge < -0.3 is 20.1 Å². The molecule has 1 saturated carbocycles. The Balaban J connectivity index is 1.34. The summed E-state index contributed by atoms with van der Waals surface area (Å²) in [5, 5.41) is 11.9. The van der Waals surface area contributed by atoms with Gasteiger partial charge in [0.25, 0.3) is 0 Å². The van der Waals surface area contributed by atoms with Crippen LogP contribution in [0.1, 0.15) is 43.2 Å². The zero-order valence-corrected chi connectivity index (χ0v) is 19.7. The molecule has 4 rings (SSSR count). The Labute approximate surface area is 200 Å². The minimum atomic E-state index is -0.935. The number of carbonyl (C=O) groups excluding carboxylic acids is 2. The summed E-state index contributed by atoms with van der Waals surface area (Å²) in [6, 6.07) is 16.3. The number of benzene rings is 2. The lowest BCUT2D eigenvalue weighted by Crippen LogP contribution is -2.42. The van der Waals surface area contributed by atoms with E-state index in [2.05, 4.69) is 29.6 Å². The summed E-state index contributed by atoms with van der Waals surface area (Å²) in [4.78, 5) is 38.1. The molecule has 2 aromatic rings. The van der Waals surface area contributed by atoms with Crippen LogP contribution in [0.4, 0.5) is 4.79 Å². The van der Waals surface area contributed by atoms with E-state index in [9.17, 15) is 14.4 Å². The van der Waals surface area contributed by atoms with Crippen molar-refractivity contribution in [3.8, 4) is 11.1 Å². The average Bonchev–Trinajstić information content (AvgIpc) is 3.60. The number of amides is 2. The summed E-state index contributed by atoms with van der Waals surface area (Å²) < 4.78 is 5.59. The number of alkyl carbamates (subject to hydrolysis) is 1. The average molecular weight is 465 g/mol. The molecule has 0 bridgehead atoms. The van der Waals surface area contributed by atoms with Crippen LogP contribution in [0, 0.1) is 17.8 Å². The molecule has 0 aliphatic heterocycles. The van der Waals surface area contributed by atoms with Crippen LogP contribution in [0.15, 0.2) is 48.5 Å². The summed E-state index contributed by atoms with van der Waals surface area (Å²) in [6.45, 7) is 2.12. The zero-order valence-electron chi connectivity index (χ0n) is 19.7. The molecular weight excluding hydrogens is 432 g/mol. The van der Waals surface area contributed by atoms with Gasteiger partial charge >= 0.3 is 12.1 Å². The van der Waals surface area contributed by atoms with E-state index < -0.39 is 18.0 Å². The van der Waals surface area contributed by atoms with Crippen molar-refractivity contribution in [3.63, 3.8) is 0 Å². The van der Waals surface area contributed by atoms with Crippen molar-refractivity contribution in [1.82, 2.24) is 10.2 Å². The van der Waals surface area contributed by atoms with Gasteiger partial charge in [0, 0.05) is 26.1 Å². The second-order valence-electron chi connectivity index (χ2n) is 9.54. The third kappa shape index (κ3) is 5.41. The standard InChI is InChI=1S/C27H32N2O5/c1-17(26(31)32)15-29(2)25(30)19(13-18-11-12-18)14-28-27(33)34-16-24-22-9-5-3-7-20(22)21-8-4-6-10-23(21)24/h3-10,17-19,24H,11-16H2,1-2H3,(H,28,33)(H,31,32). The highest BCUT2D eigenvalue weighted by Gasteiger charge is 2.33. The van der Waals surface area contributed by atoms with Crippen LogP contribution in [-0.4, -0.2) is 54.7 Å². The van der Waals surface area contributed by atoms with Gasteiger partial charge in [0.2, 0.25) is 5.91 Å². The summed E-state index contributed by atoms with van der Waals surface area (Å²) in [5.74, 6) is -1.65. The molecule has 2 atom stereocenters. The molecule has 1 fully saturated rings. The molecule has 7 heteroatoms. The Morgan fingerprint density at radius 3 is 2.21 bits per heavy atom. The first-order valence-corrected chi connectivity index (χ1v) is 11.9. The molecule has 0 spiro atoms. The van der Waals surface area contributed by atoms with Gasteiger partial charge in [-0.1, -0.05) is 68.3 Å². The van der Waals surface area contributed by atoms with Crippen molar-refractivity contribution in [1.29, 1.82) is 0 Å². The molecule has 34 heavy (non-hydrogen) atoms. The van der Waals surface area contributed by atoms with Crippen molar-refractivity contribution in [2.75, 3.05) is 26.7 Å². The maximum Gasteiger partial charge on any atom is 0.407 e. The number of carbonyl (C=O) groups is 3. The number of hydrogen-bond acceptors (Lipinski definition) is 4. The SMILES string of the molecule is CC(CN(C)C(=O)C(CNC(=O)OCC1c2ccccc2-c2ccccc21)CC1CC1)C(=O)O. The zero-order chi connectivity index (χ0) is 24.2. The van der Waals surface area contributed by atoms with Gasteiger partial charge in [-0.15, -0.1) is 0 Å². The number of ether oxygens (including phenoxy) is 1. The van der Waals surface area contributed by atoms with Crippen LogP contribution >= 0.6 is 0 Å². The first kappa shape index (κ1) is 23.8. The predicted octanol–water partition coefficient (Wildman–Crippen LogP) is 4.12. The van der Waals surface area contributed by atoms with E-state index in [1.165, 1.54) is 16.0 Å². The molecular formula is C27H32N2O5. The molecule has 2 unspecified atom stereocenters. The number of carboxylic acid groups (broad SMARTS) is 1. The largest absolute Gasteiger partial charge is 0.481 e. The minimum absolute atomic E-state index is 0.0225. The van der Waals surface area contributed by atoms with Crippen molar-refractivity contribution in [2.24, 2.45) is 17.8 Å². The quantitative estimate of drug-likeness (QED) is 0.551. The monoisotopic (exact) mass is 464 g/mol. The molecule has 0 saturated heterocycles. The first-order chi connectivity index (χ1) is 16.3. The van der Waals surface area contributed by atoms with Gasteiger partial charge in [-0.3, -0.25) is 9.59 Å². The summed E-state index contributed by atoms with van der Waals surface area (Å²) in [5.41, 5.74) is 4.63. The van der Waals surface area contributed by atoms with E-state index in [0.717, 1.165) is 24.0 Å². The van der Waals surface area contributed by atoms with E-state index in [0.29, 0.717) is 12.3 Å². The fourth-order valence-corrected chi connectivity index (χ4v) is 4.77. The number of fused-ring (bicyclic) bond motifs is 3. The Bertz CT molecular complexity index is 1020. The molecule has 2 aliphatic rings. The number of rotatable bonds is 10. The van der Waals surface area contributed by atoms with Gasteiger partial charge in [-0.2, -0.15) is 0 Å². The lowest BCUT2D eigenvalue weighted by atomic mass is 9.98. The Hall–Kier alpha value is -3.35. The molecule has 2 amide bonds. The number of aliphatic carboxylic acids is 1. The summed E-state index contributed by atoms with van der Waals surface area (Å²) in [7, 11) is 1.62. The van der Waals surface area contributed by atoms with Crippen LogP contribution < -0.4 is 5.32 Å². The highest BCUT2D eigenvalue weighted by atomic mass is 16.5. The summed E-state index contributed by atoms with van der Waals surface area (Å²) >= 11 is 0. The molecule has 7 nitrogen and oxygen atoms in total. The van der Waals surface area contributed by atoms with Gasteiger partial charge in [0.1, 0.15) is 6.61 Å². The highest BCUT2D eigenvalue weighted by molar-refractivity contribution is 5.81. The fraction of sp³-hybridized carbons (Fsp3) is 0.444. The van der Waals surface area contributed by atoms with Crippen LogP contribution in [0.2, 0.25) is 0 Å². The smallest absolute Gasteiger partial charge is 0.407 e. The second kappa shape index (κ2) is 10.3. The molecule has 0 heterocycles. The lowest BCUT2D eigenvalue weighted by molar-refractivity contribution is -0.143. The number of nitrogens with zero attached hydrogens (tertiary/aromatic N) is 1. The topological polar surface area (TPSA) is 95.9 Å². The van der Waals surface area contributed by atoms with Crippen LogP contribution in [0.5, 0.6) is 0 Å². The van der Waals surface area contributed by atoms with E-state index in [4.69, 9.17) is 9.84 Å². The van der Waals surface area contributed by atoms with Gasteiger partial charge in [-0.05, 0) is 34.6 Å². The molecule has 2 aliphatic carbocycles. The third-order valence-corrected chi connectivity index (χ3v) is 6.85. The Kier molecular flexibility index (Phi) is 7.20.